The molecule has 0 bridgehead atoms. The quantitative estimate of drug-likeness (QED) is 0.509. The second-order valence-electron chi connectivity index (χ2n) is 4.24. The van der Waals surface area contributed by atoms with Gasteiger partial charge in [0.25, 0.3) is 0 Å². The zero-order valence-corrected chi connectivity index (χ0v) is 11.9. The van der Waals surface area contributed by atoms with Crippen molar-refractivity contribution in [3.8, 4) is 11.5 Å². The van der Waals surface area contributed by atoms with Gasteiger partial charge in [-0.3, -0.25) is 4.79 Å². The molecule has 1 aromatic rings. The van der Waals surface area contributed by atoms with Crippen LogP contribution in [-0.4, -0.2) is 32.7 Å². The third-order valence-electron chi connectivity index (χ3n) is 2.70. The first-order chi connectivity index (χ1) is 9.19. The molecule has 0 saturated heterocycles. The number of ether oxygens (including phenoxy) is 3. The average Bonchev–Trinajstić information content (AvgIpc) is 2.42. The van der Waals surface area contributed by atoms with Crippen LogP contribution in [0.5, 0.6) is 11.5 Å². The molecule has 0 spiro atoms. The van der Waals surface area contributed by atoms with Crippen molar-refractivity contribution >= 4 is 5.78 Å². The molecule has 0 atom stereocenters. The first-order valence-corrected chi connectivity index (χ1v) is 6.58. The molecule has 1 rings (SSSR count). The van der Waals surface area contributed by atoms with Crippen LogP contribution in [0.3, 0.4) is 0 Å². The van der Waals surface area contributed by atoms with Crippen molar-refractivity contribution in [3.63, 3.8) is 0 Å². The number of unbranched alkanes of at least 4 members (excludes halogenated alkanes) is 1. The Kier molecular flexibility index (Phi) is 6.97. The molecular formula is C15H22O4. The smallest absolute Gasteiger partial charge is 0.161 e. The fourth-order valence-corrected chi connectivity index (χ4v) is 1.56. The summed E-state index contributed by atoms with van der Waals surface area (Å²) >= 11 is 0. The van der Waals surface area contributed by atoms with Crippen LogP contribution in [-0.2, 0) is 4.74 Å². The molecule has 0 fully saturated rings. The number of hydrogen-bond donors (Lipinski definition) is 0. The Bertz CT molecular complexity index is 401. The Morgan fingerprint density at radius 1 is 1.16 bits per heavy atom. The molecular weight excluding hydrogens is 244 g/mol. The highest BCUT2D eigenvalue weighted by atomic mass is 16.5. The number of benzene rings is 1. The molecule has 0 unspecified atom stereocenters. The maximum atomic E-state index is 11.3. The minimum absolute atomic E-state index is 0.00717. The number of Topliss-reactive ketones (excluding diaryl/α,β-unsaturated/α-hetero) is 1. The van der Waals surface area contributed by atoms with Gasteiger partial charge in [0.15, 0.2) is 17.3 Å². The lowest BCUT2D eigenvalue weighted by Gasteiger charge is -2.11. The van der Waals surface area contributed by atoms with E-state index in [1.807, 2.05) is 0 Å². The lowest BCUT2D eigenvalue weighted by Crippen LogP contribution is -2.08. The fraction of sp³-hybridized carbons (Fsp3) is 0.533. The summed E-state index contributed by atoms with van der Waals surface area (Å²) in [5.74, 6) is 1.21. The average molecular weight is 266 g/mol. The first kappa shape index (κ1) is 15.5. The number of carbonyl (C=O) groups is 1. The summed E-state index contributed by atoms with van der Waals surface area (Å²) in [5, 5.41) is 0. The summed E-state index contributed by atoms with van der Waals surface area (Å²) in [4.78, 5) is 11.3. The molecule has 19 heavy (non-hydrogen) atoms. The van der Waals surface area contributed by atoms with Crippen LogP contribution in [0.1, 0.15) is 37.0 Å². The van der Waals surface area contributed by atoms with Crippen LogP contribution in [0.4, 0.5) is 0 Å². The molecule has 0 aliphatic heterocycles. The van der Waals surface area contributed by atoms with Crippen LogP contribution in [0, 0.1) is 0 Å². The standard InChI is InChI=1S/C15H22O4/c1-4-5-8-18-9-10-19-14-7-6-13(12(2)16)11-15(14)17-3/h6-7,11H,4-5,8-10H2,1-3H3. The van der Waals surface area contributed by atoms with Crippen molar-refractivity contribution in [2.24, 2.45) is 0 Å². The van der Waals surface area contributed by atoms with Gasteiger partial charge in [-0.15, -0.1) is 0 Å². The van der Waals surface area contributed by atoms with Gasteiger partial charge in [-0.1, -0.05) is 13.3 Å². The van der Waals surface area contributed by atoms with E-state index in [1.165, 1.54) is 6.92 Å². The lowest BCUT2D eigenvalue weighted by molar-refractivity contribution is 0.0968. The molecule has 0 saturated carbocycles. The SMILES string of the molecule is CCCCOCCOc1ccc(C(C)=O)cc1OC. The number of ketones is 1. The molecule has 0 aliphatic rings. The van der Waals surface area contributed by atoms with E-state index in [4.69, 9.17) is 14.2 Å². The Balaban J connectivity index is 2.47. The van der Waals surface area contributed by atoms with E-state index in [2.05, 4.69) is 6.92 Å². The minimum Gasteiger partial charge on any atom is -0.493 e. The van der Waals surface area contributed by atoms with Gasteiger partial charge in [0.05, 0.1) is 13.7 Å². The van der Waals surface area contributed by atoms with Crippen LogP contribution in [0.25, 0.3) is 0 Å². The Labute approximate surface area is 114 Å². The van der Waals surface area contributed by atoms with Gasteiger partial charge >= 0.3 is 0 Å². The van der Waals surface area contributed by atoms with Crippen molar-refractivity contribution in [1.82, 2.24) is 0 Å². The predicted octanol–water partition coefficient (Wildman–Crippen LogP) is 3.09. The Morgan fingerprint density at radius 2 is 1.95 bits per heavy atom. The number of hydrogen-bond acceptors (Lipinski definition) is 4. The molecule has 0 aliphatic carbocycles. The molecule has 0 radical (unpaired) electrons. The van der Waals surface area contributed by atoms with Crippen LogP contribution >= 0.6 is 0 Å². The largest absolute Gasteiger partial charge is 0.493 e. The number of carbonyl (C=O) groups excluding carboxylic acids is 1. The minimum atomic E-state index is 0.00717. The van der Waals surface area contributed by atoms with Crippen molar-refractivity contribution in [2.75, 3.05) is 26.9 Å². The van der Waals surface area contributed by atoms with Crippen molar-refractivity contribution in [1.29, 1.82) is 0 Å². The van der Waals surface area contributed by atoms with Crippen LogP contribution in [0.15, 0.2) is 18.2 Å². The van der Waals surface area contributed by atoms with E-state index in [1.54, 1.807) is 25.3 Å². The van der Waals surface area contributed by atoms with Crippen molar-refractivity contribution in [3.05, 3.63) is 23.8 Å². The van der Waals surface area contributed by atoms with Crippen LogP contribution < -0.4 is 9.47 Å². The van der Waals surface area contributed by atoms with Gasteiger partial charge in [0.2, 0.25) is 0 Å². The van der Waals surface area contributed by atoms with Gasteiger partial charge in [-0.2, -0.15) is 0 Å². The molecule has 0 N–H and O–H groups in total. The van der Waals surface area contributed by atoms with E-state index < -0.39 is 0 Å². The first-order valence-electron chi connectivity index (χ1n) is 6.58. The van der Waals surface area contributed by atoms with E-state index in [0.717, 1.165) is 19.4 Å². The summed E-state index contributed by atoms with van der Waals surface area (Å²) in [6.07, 6.45) is 2.19. The second-order valence-corrected chi connectivity index (χ2v) is 4.24. The van der Waals surface area contributed by atoms with Crippen molar-refractivity contribution < 1.29 is 19.0 Å². The van der Waals surface area contributed by atoms with Gasteiger partial charge in [0.1, 0.15) is 6.61 Å². The van der Waals surface area contributed by atoms with E-state index in [9.17, 15) is 4.79 Å². The summed E-state index contributed by atoms with van der Waals surface area (Å²) < 4.78 is 16.2. The Hall–Kier alpha value is -1.55. The summed E-state index contributed by atoms with van der Waals surface area (Å²) in [6.45, 7) is 5.44. The topological polar surface area (TPSA) is 44.8 Å². The normalized spacial score (nSPS) is 10.3. The second kappa shape index (κ2) is 8.53. The van der Waals surface area contributed by atoms with Crippen molar-refractivity contribution in [2.45, 2.75) is 26.7 Å². The van der Waals surface area contributed by atoms with Crippen LogP contribution in [0.2, 0.25) is 0 Å². The monoisotopic (exact) mass is 266 g/mol. The van der Waals surface area contributed by atoms with Gasteiger partial charge < -0.3 is 14.2 Å². The van der Waals surface area contributed by atoms with Gasteiger partial charge in [-0.25, -0.2) is 0 Å². The lowest BCUT2D eigenvalue weighted by atomic mass is 10.1. The molecule has 106 valence electrons. The maximum Gasteiger partial charge on any atom is 0.161 e. The summed E-state index contributed by atoms with van der Waals surface area (Å²) in [5.41, 5.74) is 0.614. The van der Waals surface area contributed by atoms with E-state index in [-0.39, 0.29) is 5.78 Å². The molecule has 0 heterocycles. The Morgan fingerprint density at radius 3 is 2.58 bits per heavy atom. The fourth-order valence-electron chi connectivity index (χ4n) is 1.56. The van der Waals surface area contributed by atoms with E-state index >= 15 is 0 Å². The number of methoxy groups -OCH3 is 1. The highest BCUT2D eigenvalue weighted by Gasteiger charge is 2.08. The zero-order chi connectivity index (χ0) is 14.1. The summed E-state index contributed by atoms with van der Waals surface area (Å²) in [6, 6.07) is 5.18. The van der Waals surface area contributed by atoms with E-state index in [0.29, 0.717) is 30.3 Å². The molecule has 0 aromatic heterocycles. The third kappa shape index (κ3) is 5.30. The molecule has 1 aromatic carbocycles. The van der Waals surface area contributed by atoms with Gasteiger partial charge in [0, 0.05) is 12.2 Å². The third-order valence-corrected chi connectivity index (χ3v) is 2.70. The molecule has 0 amide bonds. The summed E-state index contributed by atoms with van der Waals surface area (Å²) in [7, 11) is 1.56. The maximum absolute atomic E-state index is 11.3. The molecule has 4 heteroatoms. The van der Waals surface area contributed by atoms with Gasteiger partial charge in [-0.05, 0) is 31.5 Å². The highest BCUT2D eigenvalue weighted by molar-refractivity contribution is 5.94. The molecule has 4 nitrogen and oxygen atoms in total. The number of rotatable bonds is 9. The highest BCUT2D eigenvalue weighted by Crippen LogP contribution is 2.28. The predicted molar refractivity (Wildman–Crippen MR) is 74.2 cm³/mol. The zero-order valence-electron chi connectivity index (χ0n) is 11.9.